The van der Waals surface area contributed by atoms with Crippen molar-refractivity contribution in [3.05, 3.63) is 58.7 Å². The molecule has 0 aliphatic carbocycles. The van der Waals surface area contributed by atoms with Gasteiger partial charge in [0.2, 0.25) is 5.91 Å². The first-order valence-corrected chi connectivity index (χ1v) is 14.8. The fraction of sp³-hybridized carbons (Fsp3) is 0.581. The number of ether oxygens (including phenoxy) is 2. The standard InChI is InChI=1S/C31H37F6N3O3/c1-38(29(41)17-21-15-23(30(32,33)34)19-24(16-21)31(35,36)37)20-26(22-5-6-27-28(18-22)43-14-13-42-27)40-11-7-25(8-12-40)39-9-3-2-4-10-39/h5-6,15-16,18-19,25-26H,2-4,7-14,17,20H2,1H3. The maximum atomic E-state index is 13.4. The summed E-state index contributed by atoms with van der Waals surface area (Å²) in [5, 5.41) is 0. The zero-order valence-corrected chi connectivity index (χ0v) is 24.1. The molecule has 236 valence electrons. The highest BCUT2D eigenvalue weighted by molar-refractivity contribution is 5.78. The molecule has 12 heteroatoms. The van der Waals surface area contributed by atoms with E-state index in [4.69, 9.17) is 9.47 Å². The van der Waals surface area contributed by atoms with E-state index in [9.17, 15) is 31.1 Å². The van der Waals surface area contributed by atoms with Gasteiger partial charge < -0.3 is 19.3 Å². The number of hydrogen-bond acceptors (Lipinski definition) is 5. The monoisotopic (exact) mass is 613 g/mol. The predicted octanol–water partition coefficient (Wildman–Crippen LogP) is 6.19. The molecule has 0 spiro atoms. The van der Waals surface area contributed by atoms with Gasteiger partial charge in [0.15, 0.2) is 11.5 Å². The fourth-order valence-electron chi connectivity index (χ4n) is 6.34. The number of hydrogen-bond donors (Lipinski definition) is 0. The molecule has 2 saturated heterocycles. The third-order valence-electron chi connectivity index (χ3n) is 8.67. The lowest BCUT2D eigenvalue weighted by molar-refractivity contribution is -0.143. The zero-order valence-electron chi connectivity index (χ0n) is 24.1. The maximum absolute atomic E-state index is 13.4. The average Bonchev–Trinajstić information content (AvgIpc) is 2.99. The molecule has 1 amide bonds. The minimum absolute atomic E-state index is 0.0725. The molecule has 0 radical (unpaired) electrons. The summed E-state index contributed by atoms with van der Waals surface area (Å²) >= 11 is 0. The van der Waals surface area contributed by atoms with E-state index in [0.717, 1.165) is 44.6 Å². The van der Waals surface area contributed by atoms with Crippen LogP contribution >= 0.6 is 0 Å². The summed E-state index contributed by atoms with van der Waals surface area (Å²) in [6.07, 6.45) is -4.91. The van der Waals surface area contributed by atoms with Crippen molar-refractivity contribution in [1.29, 1.82) is 0 Å². The Labute approximate surface area is 247 Å². The maximum Gasteiger partial charge on any atom is 0.416 e. The smallest absolute Gasteiger partial charge is 0.416 e. The average molecular weight is 614 g/mol. The van der Waals surface area contributed by atoms with Crippen LogP contribution in [-0.4, -0.2) is 79.6 Å². The number of alkyl halides is 6. The Morgan fingerprint density at radius 3 is 2.07 bits per heavy atom. The van der Waals surface area contributed by atoms with Crippen LogP contribution in [0.4, 0.5) is 26.3 Å². The van der Waals surface area contributed by atoms with E-state index in [0.29, 0.717) is 42.9 Å². The molecular formula is C31H37F6N3O3. The van der Waals surface area contributed by atoms with Gasteiger partial charge in [-0.15, -0.1) is 0 Å². The molecule has 0 bridgehead atoms. The van der Waals surface area contributed by atoms with E-state index in [1.807, 2.05) is 18.2 Å². The van der Waals surface area contributed by atoms with Crippen LogP contribution in [0.25, 0.3) is 0 Å². The SMILES string of the molecule is CN(CC(c1ccc2c(c1)OCCO2)N1CCC(N2CCCCC2)CC1)C(=O)Cc1cc(C(F)(F)F)cc(C(F)(F)F)c1. The molecule has 6 nitrogen and oxygen atoms in total. The molecule has 2 aromatic carbocycles. The Balaban J connectivity index is 1.34. The molecule has 43 heavy (non-hydrogen) atoms. The van der Waals surface area contributed by atoms with Gasteiger partial charge in [-0.05, 0) is 80.2 Å². The second-order valence-corrected chi connectivity index (χ2v) is 11.6. The molecule has 1 atom stereocenters. The molecule has 0 aromatic heterocycles. The molecule has 0 N–H and O–H groups in total. The van der Waals surface area contributed by atoms with Crippen molar-refractivity contribution in [3.63, 3.8) is 0 Å². The highest BCUT2D eigenvalue weighted by Gasteiger charge is 2.37. The number of benzene rings is 2. The predicted molar refractivity (Wildman–Crippen MR) is 148 cm³/mol. The lowest BCUT2D eigenvalue weighted by Crippen LogP contribution is -2.49. The normalized spacial score (nSPS) is 19.7. The number of amides is 1. The largest absolute Gasteiger partial charge is 0.486 e. The zero-order chi connectivity index (χ0) is 30.8. The summed E-state index contributed by atoms with van der Waals surface area (Å²) in [6, 6.07) is 7.21. The number of rotatable bonds is 7. The van der Waals surface area contributed by atoms with Crippen LogP contribution in [0.3, 0.4) is 0 Å². The number of carbonyl (C=O) groups excluding carboxylic acids is 1. The minimum Gasteiger partial charge on any atom is -0.486 e. The van der Waals surface area contributed by atoms with Gasteiger partial charge >= 0.3 is 12.4 Å². The molecule has 3 aliphatic heterocycles. The lowest BCUT2D eigenvalue weighted by atomic mass is 9.96. The van der Waals surface area contributed by atoms with E-state index in [2.05, 4.69) is 9.80 Å². The van der Waals surface area contributed by atoms with Gasteiger partial charge in [0.1, 0.15) is 13.2 Å². The van der Waals surface area contributed by atoms with E-state index in [1.165, 1.54) is 31.2 Å². The highest BCUT2D eigenvalue weighted by Crippen LogP contribution is 2.38. The van der Waals surface area contributed by atoms with Gasteiger partial charge in [0.25, 0.3) is 0 Å². The summed E-state index contributed by atoms with van der Waals surface area (Å²) in [5.74, 6) is 0.666. The third-order valence-corrected chi connectivity index (χ3v) is 8.67. The van der Waals surface area contributed by atoms with Crippen LogP contribution in [0.2, 0.25) is 0 Å². The molecule has 3 heterocycles. The van der Waals surface area contributed by atoms with Gasteiger partial charge in [-0.2, -0.15) is 26.3 Å². The number of piperidine rings is 2. The van der Waals surface area contributed by atoms with E-state index >= 15 is 0 Å². The summed E-state index contributed by atoms with van der Waals surface area (Å²) < 4.78 is 91.7. The Morgan fingerprint density at radius 1 is 0.860 bits per heavy atom. The van der Waals surface area contributed by atoms with Gasteiger partial charge in [0.05, 0.1) is 23.6 Å². The number of halogens is 6. The Kier molecular flexibility index (Phi) is 9.46. The van der Waals surface area contributed by atoms with Crippen molar-refractivity contribution in [2.45, 2.75) is 63.0 Å². The lowest BCUT2D eigenvalue weighted by Gasteiger charge is -2.43. The summed E-state index contributed by atoms with van der Waals surface area (Å²) in [5.41, 5.74) is -2.30. The summed E-state index contributed by atoms with van der Waals surface area (Å²) in [7, 11) is 1.53. The third kappa shape index (κ3) is 7.75. The van der Waals surface area contributed by atoms with Gasteiger partial charge in [-0.1, -0.05) is 12.5 Å². The molecule has 2 aromatic rings. The van der Waals surface area contributed by atoms with Gasteiger partial charge in [0, 0.05) is 32.7 Å². The van der Waals surface area contributed by atoms with Crippen molar-refractivity contribution >= 4 is 5.91 Å². The fourth-order valence-corrected chi connectivity index (χ4v) is 6.34. The van der Waals surface area contributed by atoms with Crippen molar-refractivity contribution in [2.75, 3.05) is 53.0 Å². The number of carbonyl (C=O) groups is 1. The van der Waals surface area contributed by atoms with E-state index in [1.54, 1.807) is 0 Å². The second kappa shape index (κ2) is 12.9. The van der Waals surface area contributed by atoms with Gasteiger partial charge in [-0.3, -0.25) is 9.69 Å². The number of likely N-dealkylation sites (tertiary alicyclic amines) is 2. The summed E-state index contributed by atoms with van der Waals surface area (Å²) in [6.45, 7) is 4.88. The first-order valence-electron chi connectivity index (χ1n) is 14.8. The molecule has 3 aliphatic rings. The van der Waals surface area contributed by atoms with Crippen LogP contribution < -0.4 is 9.47 Å². The Hall–Kier alpha value is -2.99. The number of likely N-dealkylation sites (N-methyl/N-ethyl adjacent to an activating group) is 1. The Morgan fingerprint density at radius 2 is 1.47 bits per heavy atom. The number of nitrogens with zero attached hydrogens (tertiary/aromatic N) is 3. The van der Waals surface area contributed by atoms with Gasteiger partial charge in [-0.25, -0.2) is 0 Å². The first-order chi connectivity index (χ1) is 20.4. The van der Waals surface area contributed by atoms with E-state index in [-0.39, 0.29) is 24.2 Å². The van der Waals surface area contributed by atoms with E-state index < -0.39 is 35.8 Å². The molecule has 0 saturated carbocycles. The number of fused-ring (bicyclic) bond motifs is 1. The van der Waals surface area contributed by atoms with Crippen molar-refractivity contribution in [1.82, 2.24) is 14.7 Å². The molecule has 1 unspecified atom stereocenters. The molecule has 5 rings (SSSR count). The summed E-state index contributed by atoms with van der Waals surface area (Å²) in [4.78, 5) is 19.5. The quantitative estimate of drug-likeness (QED) is 0.349. The second-order valence-electron chi connectivity index (χ2n) is 11.6. The van der Waals surface area contributed by atoms with Crippen LogP contribution in [-0.2, 0) is 23.6 Å². The van der Waals surface area contributed by atoms with Crippen LogP contribution in [0.5, 0.6) is 11.5 Å². The van der Waals surface area contributed by atoms with Crippen LogP contribution in [0.1, 0.15) is 60.4 Å². The van der Waals surface area contributed by atoms with Crippen molar-refractivity contribution in [2.24, 2.45) is 0 Å². The first kappa shape index (κ1) is 31.4. The van der Waals surface area contributed by atoms with Crippen molar-refractivity contribution < 1.29 is 40.6 Å². The highest BCUT2D eigenvalue weighted by atomic mass is 19.4. The minimum atomic E-state index is -4.98. The van der Waals surface area contributed by atoms with Crippen LogP contribution in [0.15, 0.2) is 36.4 Å². The van der Waals surface area contributed by atoms with Crippen LogP contribution in [0, 0.1) is 0 Å². The topological polar surface area (TPSA) is 45.3 Å². The Bertz CT molecular complexity index is 1240. The van der Waals surface area contributed by atoms with Crippen molar-refractivity contribution in [3.8, 4) is 11.5 Å². The molecule has 2 fully saturated rings. The molecular weight excluding hydrogens is 576 g/mol.